The highest BCUT2D eigenvalue weighted by atomic mass is 19.1. The number of alkyl carbamates (subject to hydrolysis) is 1. The number of pyridine rings is 1. The molecule has 0 spiro atoms. The summed E-state index contributed by atoms with van der Waals surface area (Å²) in [6.07, 6.45) is 2.81. The summed E-state index contributed by atoms with van der Waals surface area (Å²) in [5, 5.41) is 9.11. The van der Waals surface area contributed by atoms with Crippen LogP contribution in [0.25, 0.3) is 0 Å². The Morgan fingerprint density at radius 2 is 1.71 bits per heavy atom. The van der Waals surface area contributed by atoms with Gasteiger partial charge in [0, 0.05) is 25.4 Å². The fourth-order valence-electron chi connectivity index (χ4n) is 4.95. The first-order valence-electron chi connectivity index (χ1n) is 13.8. The number of carbonyl (C=O) groups excluding carboxylic acids is 2. The quantitative estimate of drug-likeness (QED) is 0.317. The van der Waals surface area contributed by atoms with Crippen molar-refractivity contribution < 1.29 is 28.2 Å². The molecular weight excluding hydrogens is 541 g/mol. The molecule has 3 N–H and O–H groups in total. The number of aliphatic imine (C=N–C) groups is 1. The zero-order valence-corrected chi connectivity index (χ0v) is 23.3. The van der Waals surface area contributed by atoms with E-state index in [9.17, 15) is 14.0 Å². The number of carbonyl (C=O) groups is 2. The molecule has 0 aliphatic carbocycles. The van der Waals surface area contributed by atoms with E-state index in [1.807, 2.05) is 49.4 Å². The van der Waals surface area contributed by atoms with Crippen molar-refractivity contribution in [1.29, 1.82) is 0 Å². The van der Waals surface area contributed by atoms with E-state index < -0.39 is 23.5 Å². The molecule has 0 saturated carbocycles. The van der Waals surface area contributed by atoms with Crippen molar-refractivity contribution in [2.45, 2.75) is 43.7 Å². The van der Waals surface area contributed by atoms with Gasteiger partial charge in [-0.3, -0.25) is 14.8 Å². The van der Waals surface area contributed by atoms with E-state index in [-0.39, 0.29) is 38.0 Å². The lowest BCUT2D eigenvalue weighted by molar-refractivity contribution is -0.178. The second-order valence-electron chi connectivity index (χ2n) is 10.6. The van der Waals surface area contributed by atoms with Gasteiger partial charge in [0.05, 0.1) is 25.3 Å². The zero-order valence-electron chi connectivity index (χ0n) is 23.3. The van der Waals surface area contributed by atoms with Gasteiger partial charge in [-0.15, -0.1) is 0 Å². The molecule has 2 amide bonds. The number of amidine groups is 1. The van der Waals surface area contributed by atoms with Gasteiger partial charge < -0.3 is 30.2 Å². The van der Waals surface area contributed by atoms with Gasteiger partial charge in [0.25, 0.3) is 0 Å². The van der Waals surface area contributed by atoms with Crippen LogP contribution in [0.15, 0.2) is 84.1 Å². The molecule has 1 aromatic heterocycles. The highest BCUT2D eigenvalue weighted by molar-refractivity contribution is 5.89. The molecule has 2 aliphatic heterocycles. The van der Waals surface area contributed by atoms with Crippen molar-refractivity contribution in [3.63, 3.8) is 0 Å². The number of nitrogens with one attached hydrogen (secondary N) is 3. The van der Waals surface area contributed by atoms with Gasteiger partial charge in [0.1, 0.15) is 18.0 Å². The van der Waals surface area contributed by atoms with Gasteiger partial charge in [-0.2, -0.15) is 0 Å². The fraction of sp³-hybridized carbons (Fsp3) is 0.355. The molecule has 0 radical (unpaired) electrons. The monoisotopic (exact) mass is 575 g/mol. The number of benzene rings is 2. The van der Waals surface area contributed by atoms with E-state index in [2.05, 4.69) is 20.9 Å². The molecular formula is C31H34FN5O5. The maximum atomic E-state index is 13.7. The first-order valence-corrected chi connectivity index (χ1v) is 13.8. The van der Waals surface area contributed by atoms with Crippen LogP contribution in [-0.4, -0.2) is 61.0 Å². The largest absolute Gasteiger partial charge is 0.445 e. The van der Waals surface area contributed by atoms with Crippen LogP contribution in [0.1, 0.15) is 36.5 Å². The van der Waals surface area contributed by atoms with Crippen LogP contribution in [0.5, 0.6) is 0 Å². The maximum Gasteiger partial charge on any atom is 0.407 e. The average molecular weight is 576 g/mol. The van der Waals surface area contributed by atoms with Crippen LogP contribution >= 0.6 is 0 Å². The van der Waals surface area contributed by atoms with Crippen LogP contribution in [0.3, 0.4) is 0 Å². The van der Waals surface area contributed by atoms with Crippen molar-refractivity contribution in [1.82, 2.24) is 20.9 Å². The fourth-order valence-corrected chi connectivity index (χ4v) is 4.95. The molecule has 2 aliphatic rings. The molecule has 1 unspecified atom stereocenters. The normalized spacial score (nSPS) is 23.4. The van der Waals surface area contributed by atoms with E-state index in [0.717, 1.165) is 16.7 Å². The number of ether oxygens (including phenoxy) is 3. The van der Waals surface area contributed by atoms with E-state index in [0.29, 0.717) is 25.3 Å². The average Bonchev–Trinajstić information content (AvgIpc) is 3.46. The number of aromatic nitrogens is 1. The summed E-state index contributed by atoms with van der Waals surface area (Å²) in [5.41, 5.74) is 1.22. The Hall–Kier alpha value is -4.35. The Morgan fingerprint density at radius 3 is 2.43 bits per heavy atom. The number of hydrogen-bond acceptors (Lipinski definition) is 8. The van der Waals surface area contributed by atoms with Gasteiger partial charge in [-0.25, -0.2) is 9.18 Å². The van der Waals surface area contributed by atoms with E-state index in [1.165, 1.54) is 12.1 Å². The van der Waals surface area contributed by atoms with Crippen molar-refractivity contribution in [2.75, 3.05) is 26.3 Å². The van der Waals surface area contributed by atoms with Crippen molar-refractivity contribution >= 4 is 17.8 Å². The predicted molar refractivity (Wildman–Crippen MR) is 153 cm³/mol. The summed E-state index contributed by atoms with van der Waals surface area (Å²) < 4.78 is 30.9. The maximum absolute atomic E-state index is 13.7. The lowest BCUT2D eigenvalue weighted by Crippen LogP contribution is -2.59. The minimum absolute atomic E-state index is 0.174. The predicted octanol–water partition coefficient (Wildman–Crippen LogP) is 3.42. The summed E-state index contributed by atoms with van der Waals surface area (Å²) in [6.45, 7) is 3.14. The third-order valence-electron chi connectivity index (χ3n) is 7.17. The molecule has 0 bridgehead atoms. The molecule has 220 valence electrons. The van der Waals surface area contributed by atoms with Crippen LogP contribution in [-0.2, 0) is 31.2 Å². The molecule has 11 heteroatoms. The zero-order chi connectivity index (χ0) is 29.4. The Morgan fingerprint density at radius 1 is 1.02 bits per heavy atom. The molecule has 5 rings (SSSR count). The van der Waals surface area contributed by atoms with Crippen molar-refractivity contribution in [2.24, 2.45) is 4.99 Å². The highest BCUT2D eigenvalue weighted by Crippen LogP contribution is 2.34. The van der Waals surface area contributed by atoms with Gasteiger partial charge in [-0.1, -0.05) is 42.5 Å². The van der Waals surface area contributed by atoms with Crippen LogP contribution < -0.4 is 16.0 Å². The van der Waals surface area contributed by atoms with Crippen molar-refractivity contribution in [3.8, 4) is 0 Å². The lowest BCUT2D eigenvalue weighted by atomic mass is 9.84. The Balaban J connectivity index is 1.07. The second kappa shape index (κ2) is 13.1. The highest BCUT2D eigenvalue weighted by Gasteiger charge is 2.44. The third kappa shape index (κ3) is 7.10. The molecule has 1 fully saturated rings. The second-order valence-corrected chi connectivity index (χ2v) is 10.6. The molecule has 3 aromatic rings. The minimum atomic E-state index is -0.745. The smallest absolute Gasteiger partial charge is 0.407 e. The van der Waals surface area contributed by atoms with Gasteiger partial charge in [0.2, 0.25) is 12.2 Å². The summed E-state index contributed by atoms with van der Waals surface area (Å²) in [5.74, 6) is 0.0299. The third-order valence-corrected chi connectivity index (χ3v) is 7.17. The van der Waals surface area contributed by atoms with Gasteiger partial charge in [-0.05, 0) is 54.3 Å². The van der Waals surface area contributed by atoms with Gasteiger partial charge >= 0.3 is 6.09 Å². The molecule has 1 atom stereocenters. The van der Waals surface area contributed by atoms with E-state index >= 15 is 0 Å². The lowest BCUT2D eigenvalue weighted by Gasteiger charge is -2.39. The Kier molecular flexibility index (Phi) is 9.09. The summed E-state index contributed by atoms with van der Waals surface area (Å²) in [4.78, 5) is 33.3. The summed E-state index contributed by atoms with van der Waals surface area (Å²) >= 11 is 0. The summed E-state index contributed by atoms with van der Waals surface area (Å²) in [6, 6.07) is 19.5. The van der Waals surface area contributed by atoms with Crippen LogP contribution in [0, 0.1) is 5.82 Å². The Bertz CT molecular complexity index is 1380. The van der Waals surface area contributed by atoms with Crippen LogP contribution in [0.2, 0.25) is 0 Å². The molecule has 1 saturated heterocycles. The van der Waals surface area contributed by atoms with E-state index in [1.54, 1.807) is 24.5 Å². The first-order chi connectivity index (χ1) is 20.4. The van der Waals surface area contributed by atoms with Gasteiger partial charge in [0.15, 0.2) is 5.84 Å². The number of rotatable bonds is 10. The first kappa shape index (κ1) is 29.2. The standard InChI is InChI=1S/C31H34FN5O5/c1-30(36-26(38)8-5-15-34-29(39)40-18-22-6-3-2-4-7-22)20-41-28(42-21-30)27-35-19-31(37-27,24-13-16-33-17-14-24)23-9-11-25(32)12-10-23/h2-4,6-7,9-14,16-17,28H,5,8,15,18-21H2,1H3,(H,34,39)(H,35,37)(H,36,38). The minimum Gasteiger partial charge on any atom is -0.445 e. The van der Waals surface area contributed by atoms with Crippen molar-refractivity contribution in [3.05, 3.63) is 102 Å². The molecule has 3 heterocycles. The number of amides is 2. The number of nitrogens with zero attached hydrogens (tertiary/aromatic N) is 2. The molecule has 2 aromatic carbocycles. The Labute approximate surface area is 243 Å². The summed E-state index contributed by atoms with van der Waals surface area (Å²) in [7, 11) is 0. The number of hydrogen-bond donors (Lipinski definition) is 3. The molecule has 42 heavy (non-hydrogen) atoms. The number of halogens is 1. The topological polar surface area (TPSA) is 123 Å². The SMILES string of the molecule is CC1(NC(=O)CCCNC(=O)OCc2ccccc2)COC(C2=NCC(c3ccncc3)(c3ccc(F)cc3)N2)OC1. The molecule has 10 nitrogen and oxygen atoms in total. The van der Waals surface area contributed by atoms with E-state index in [4.69, 9.17) is 19.2 Å². The van der Waals surface area contributed by atoms with Crippen LogP contribution in [0.4, 0.5) is 9.18 Å².